The van der Waals surface area contributed by atoms with Gasteiger partial charge in [0.15, 0.2) is 0 Å². The van der Waals surface area contributed by atoms with Gasteiger partial charge < -0.3 is 21.5 Å². The van der Waals surface area contributed by atoms with E-state index in [0.717, 1.165) is 11.1 Å². The summed E-state index contributed by atoms with van der Waals surface area (Å²) in [5.41, 5.74) is 7.35. The van der Waals surface area contributed by atoms with E-state index in [1.54, 1.807) is 6.07 Å². The summed E-state index contributed by atoms with van der Waals surface area (Å²) in [6.07, 6.45) is 1.58. The summed E-state index contributed by atoms with van der Waals surface area (Å²) < 4.78 is 0. The van der Waals surface area contributed by atoms with Crippen LogP contribution < -0.4 is 16.4 Å². The van der Waals surface area contributed by atoms with Gasteiger partial charge in [-0.1, -0.05) is 38.1 Å². The molecule has 0 saturated heterocycles. The van der Waals surface area contributed by atoms with E-state index in [9.17, 15) is 9.59 Å². The van der Waals surface area contributed by atoms with E-state index in [1.165, 1.54) is 6.20 Å². The fraction of sp³-hybridized carbons (Fsp3) is 0.389. The van der Waals surface area contributed by atoms with Crippen LogP contribution in [-0.4, -0.2) is 23.0 Å². The fourth-order valence-electron chi connectivity index (χ4n) is 2.22. The molecular formula is C18H24N4O3. The summed E-state index contributed by atoms with van der Waals surface area (Å²) in [5.74, 6) is -1.73. The predicted molar refractivity (Wildman–Crippen MR) is 93.9 cm³/mol. The standard InChI is InChI=1S/C18H24N4O3/c1-12(2)6-16(18(24)25)22-17(23)15(9-20)11-21-10-14-5-3-4-13(7-14)8-19/h3-5,7,11-12,16,21H,6,8,10,19H2,1-2H3,(H,22,23)(H,24,25)/b15-11-. The molecule has 1 amide bonds. The van der Waals surface area contributed by atoms with Crippen molar-refractivity contribution in [1.82, 2.24) is 10.6 Å². The summed E-state index contributed by atoms with van der Waals surface area (Å²) in [5, 5.41) is 23.6. The number of aliphatic carboxylic acids is 1. The van der Waals surface area contributed by atoms with Crippen molar-refractivity contribution in [2.75, 3.05) is 0 Å². The maximum absolute atomic E-state index is 12.1. The zero-order valence-electron chi connectivity index (χ0n) is 14.5. The smallest absolute Gasteiger partial charge is 0.326 e. The summed E-state index contributed by atoms with van der Waals surface area (Å²) in [6, 6.07) is 8.37. The summed E-state index contributed by atoms with van der Waals surface area (Å²) in [4.78, 5) is 23.3. The molecule has 134 valence electrons. The van der Waals surface area contributed by atoms with Crippen LogP contribution in [0.2, 0.25) is 0 Å². The summed E-state index contributed by atoms with van der Waals surface area (Å²) >= 11 is 0. The minimum absolute atomic E-state index is 0.101. The van der Waals surface area contributed by atoms with Gasteiger partial charge in [0.05, 0.1) is 0 Å². The lowest BCUT2D eigenvalue weighted by Gasteiger charge is -2.16. The van der Waals surface area contributed by atoms with Gasteiger partial charge in [0, 0.05) is 19.3 Å². The normalized spacial score (nSPS) is 12.4. The molecule has 0 bridgehead atoms. The third kappa shape index (κ3) is 7.06. The SMILES string of the molecule is CC(C)CC(NC(=O)/C(C#N)=C\NCc1cccc(CN)c1)C(=O)O. The van der Waals surface area contributed by atoms with Crippen molar-refractivity contribution in [3.05, 3.63) is 47.2 Å². The monoisotopic (exact) mass is 344 g/mol. The molecule has 0 aliphatic heterocycles. The number of nitrogens with two attached hydrogens (primary N) is 1. The molecule has 0 aromatic heterocycles. The molecule has 7 nitrogen and oxygen atoms in total. The zero-order valence-corrected chi connectivity index (χ0v) is 14.5. The number of rotatable bonds is 9. The van der Waals surface area contributed by atoms with Gasteiger partial charge in [-0.15, -0.1) is 0 Å². The topological polar surface area (TPSA) is 128 Å². The largest absolute Gasteiger partial charge is 0.480 e. The molecule has 1 unspecified atom stereocenters. The Morgan fingerprint density at radius 3 is 2.60 bits per heavy atom. The molecular weight excluding hydrogens is 320 g/mol. The molecule has 0 aliphatic carbocycles. The highest BCUT2D eigenvalue weighted by molar-refractivity contribution is 5.99. The molecule has 1 aromatic rings. The highest BCUT2D eigenvalue weighted by Gasteiger charge is 2.22. The number of amides is 1. The van der Waals surface area contributed by atoms with E-state index in [1.807, 2.05) is 38.1 Å². The van der Waals surface area contributed by atoms with E-state index in [2.05, 4.69) is 10.6 Å². The Balaban J connectivity index is 2.69. The second kappa shape index (κ2) is 10.1. The Hall–Kier alpha value is -2.85. The van der Waals surface area contributed by atoms with E-state index < -0.39 is 17.9 Å². The van der Waals surface area contributed by atoms with Crippen LogP contribution in [0.25, 0.3) is 0 Å². The Morgan fingerprint density at radius 2 is 2.04 bits per heavy atom. The molecule has 1 atom stereocenters. The lowest BCUT2D eigenvalue weighted by atomic mass is 10.0. The molecule has 1 rings (SSSR count). The predicted octanol–water partition coefficient (Wildman–Crippen LogP) is 1.26. The Morgan fingerprint density at radius 1 is 1.36 bits per heavy atom. The number of benzene rings is 1. The molecule has 25 heavy (non-hydrogen) atoms. The first kappa shape index (κ1) is 20.2. The Bertz CT molecular complexity index is 677. The van der Waals surface area contributed by atoms with Crippen LogP contribution in [-0.2, 0) is 22.7 Å². The van der Waals surface area contributed by atoms with Gasteiger partial charge in [0.25, 0.3) is 5.91 Å². The van der Waals surface area contributed by atoms with E-state index in [4.69, 9.17) is 16.1 Å². The van der Waals surface area contributed by atoms with Gasteiger partial charge in [-0.2, -0.15) is 5.26 Å². The molecule has 0 heterocycles. The van der Waals surface area contributed by atoms with Gasteiger partial charge in [0.1, 0.15) is 17.7 Å². The molecule has 1 aromatic carbocycles. The quantitative estimate of drug-likeness (QED) is 0.394. The van der Waals surface area contributed by atoms with E-state index in [0.29, 0.717) is 19.5 Å². The minimum Gasteiger partial charge on any atom is -0.480 e. The number of carbonyl (C=O) groups is 2. The lowest BCUT2D eigenvalue weighted by molar-refractivity contribution is -0.141. The number of carbonyl (C=O) groups excluding carboxylic acids is 1. The second-order valence-corrected chi connectivity index (χ2v) is 6.07. The van der Waals surface area contributed by atoms with Crippen LogP contribution in [0.15, 0.2) is 36.0 Å². The van der Waals surface area contributed by atoms with Crippen LogP contribution in [0.1, 0.15) is 31.4 Å². The van der Waals surface area contributed by atoms with Crippen molar-refractivity contribution >= 4 is 11.9 Å². The van der Waals surface area contributed by atoms with E-state index >= 15 is 0 Å². The van der Waals surface area contributed by atoms with Gasteiger partial charge >= 0.3 is 5.97 Å². The van der Waals surface area contributed by atoms with Gasteiger partial charge in [-0.05, 0) is 23.5 Å². The fourth-order valence-corrected chi connectivity index (χ4v) is 2.22. The van der Waals surface area contributed by atoms with Crippen LogP contribution >= 0.6 is 0 Å². The van der Waals surface area contributed by atoms with Crippen molar-refractivity contribution in [2.24, 2.45) is 11.7 Å². The number of hydrogen-bond acceptors (Lipinski definition) is 5. The zero-order chi connectivity index (χ0) is 18.8. The van der Waals surface area contributed by atoms with Gasteiger partial charge in [-0.3, -0.25) is 4.79 Å². The number of hydrogen-bond donors (Lipinski definition) is 4. The van der Waals surface area contributed by atoms with Crippen molar-refractivity contribution < 1.29 is 14.7 Å². The van der Waals surface area contributed by atoms with Crippen molar-refractivity contribution in [2.45, 2.75) is 39.4 Å². The van der Waals surface area contributed by atoms with Crippen LogP contribution in [0, 0.1) is 17.2 Å². The summed E-state index contributed by atoms with van der Waals surface area (Å²) in [7, 11) is 0. The average molecular weight is 344 g/mol. The van der Waals surface area contributed by atoms with Crippen LogP contribution in [0.4, 0.5) is 0 Å². The third-order valence-electron chi connectivity index (χ3n) is 3.46. The Labute approximate surface area is 147 Å². The minimum atomic E-state index is -1.12. The number of carboxylic acids is 1. The van der Waals surface area contributed by atoms with Crippen molar-refractivity contribution in [3.8, 4) is 6.07 Å². The third-order valence-corrected chi connectivity index (χ3v) is 3.46. The second-order valence-electron chi connectivity index (χ2n) is 6.07. The number of carboxylic acid groups (broad SMARTS) is 1. The first-order valence-corrected chi connectivity index (χ1v) is 8.02. The summed E-state index contributed by atoms with van der Waals surface area (Å²) in [6.45, 7) is 4.57. The molecule has 0 aliphatic rings. The molecule has 0 spiro atoms. The van der Waals surface area contributed by atoms with Gasteiger partial charge in [-0.25, -0.2) is 4.79 Å². The molecule has 0 radical (unpaired) electrons. The van der Waals surface area contributed by atoms with Gasteiger partial charge in [0.2, 0.25) is 0 Å². The number of nitriles is 1. The average Bonchev–Trinajstić information content (AvgIpc) is 2.57. The molecule has 0 fully saturated rings. The highest BCUT2D eigenvalue weighted by atomic mass is 16.4. The van der Waals surface area contributed by atoms with Crippen molar-refractivity contribution in [3.63, 3.8) is 0 Å². The molecule has 5 N–H and O–H groups in total. The van der Waals surface area contributed by atoms with E-state index in [-0.39, 0.29) is 11.5 Å². The maximum Gasteiger partial charge on any atom is 0.326 e. The van der Waals surface area contributed by atoms with Crippen LogP contribution in [0.5, 0.6) is 0 Å². The maximum atomic E-state index is 12.1. The first-order chi connectivity index (χ1) is 11.9. The first-order valence-electron chi connectivity index (χ1n) is 8.02. The highest BCUT2D eigenvalue weighted by Crippen LogP contribution is 2.07. The number of nitrogens with one attached hydrogen (secondary N) is 2. The number of nitrogens with zero attached hydrogens (tertiary/aromatic N) is 1. The molecule has 0 saturated carbocycles. The van der Waals surface area contributed by atoms with Crippen LogP contribution in [0.3, 0.4) is 0 Å². The Kier molecular flexibility index (Phi) is 8.16. The lowest BCUT2D eigenvalue weighted by Crippen LogP contribution is -2.42. The van der Waals surface area contributed by atoms with Crippen molar-refractivity contribution in [1.29, 1.82) is 5.26 Å². The molecule has 7 heteroatoms.